The van der Waals surface area contributed by atoms with Crippen LogP contribution in [0.5, 0.6) is 0 Å². The largest absolute Gasteiger partial charge is 0.370 e. The molecular formula is C24H27N7O2. The van der Waals surface area contributed by atoms with Crippen LogP contribution in [0.25, 0.3) is 10.9 Å². The van der Waals surface area contributed by atoms with E-state index in [9.17, 15) is 9.59 Å². The second kappa shape index (κ2) is 7.62. The number of pyridine rings is 2. The Morgan fingerprint density at radius 2 is 1.97 bits per heavy atom. The number of nitrogens with zero attached hydrogens (tertiary/aromatic N) is 5. The zero-order valence-corrected chi connectivity index (χ0v) is 18.6. The third kappa shape index (κ3) is 3.30. The van der Waals surface area contributed by atoms with Gasteiger partial charge < -0.3 is 15.2 Å². The number of aromatic amines is 1. The zero-order chi connectivity index (χ0) is 22.6. The normalized spacial score (nSPS) is 25.2. The van der Waals surface area contributed by atoms with Crippen molar-refractivity contribution in [1.82, 2.24) is 30.2 Å². The second-order valence-electron chi connectivity index (χ2n) is 9.52. The summed E-state index contributed by atoms with van der Waals surface area (Å²) in [6.07, 6.45) is 9.39. The van der Waals surface area contributed by atoms with Crippen molar-refractivity contribution in [2.45, 2.75) is 43.2 Å². The Labute approximate surface area is 191 Å². The van der Waals surface area contributed by atoms with Crippen molar-refractivity contribution in [2.24, 2.45) is 0 Å². The first kappa shape index (κ1) is 20.3. The molecule has 0 spiro atoms. The minimum atomic E-state index is -0.166. The highest BCUT2D eigenvalue weighted by molar-refractivity contribution is 5.92. The quantitative estimate of drug-likeness (QED) is 0.626. The first-order valence-electron chi connectivity index (χ1n) is 11.6. The van der Waals surface area contributed by atoms with Crippen LogP contribution >= 0.6 is 0 Å². The summed E-state index contributed by atoms with van der Waals surface area (Å²) >= 11 is 0. The van der Waals surface area contributed by atoms with E-state index in [1.807, 2.05) is 12.1 Å². The molecule has 3 aromatic rings. The lowest BCUT2D eigenvalue weighted by Gasteiger charge is -2.40. The number of hydrogen-bond acceptors (Lipinski definition) is 7. The number of aromatic nitrogens is 4. The maximum atomic E-state index is 12.6. The maximum absolute atomic E-state index is 12.6. The van der Waals surface area contributed by atoms with Gasteiger partial charge in [0.15, 0.2) is 0 Å². The number of fused-ring (bicyclic) bond motifs is 2. The molecule has 170 valence electrons. The van der Waals surface area contributed by atoms with Crippen molar-refractivity contribution < 1.29 is 4.79 Å². The van der Waals surface area contributed by atoms with E-state index >= 15 is 0 Å². The van der Waals surface area contributed by atoms with E-state index in [4.69, 9.17) is 4.98 Å². The molecule has 0 aromatic carbocycles. The molecular weight excluding hydrogens is 418 g/mol. The minimum Gasteiger partial charge on any atom is -0.370 e. The Morgan fingerprint density at radius 1 is 1.15 bits per heavy atom. The Bertz CT molecular complexity index is 1260. The highest BCUT2D eigenvalue weighted by Crippen LogP contribution is 2.53. The number of piperidine rings is 1. The summed E-state index contributed by atoms with van der Waals surface area (Å²) in [5, 5.41) is 3.15. The fraction of sp³-hybridized carbons (Fsp3) is 0.458. The Hall–Kier alpha value is -3.33. The average Bonchev–Trinajstić information content (AvgIpc) is 3.41. The van der Waals surface area contributed by atoms with Gasteiger partial charge in [0, 0.05) is 56.6 Å². The molecule has 0 radical (unpaired) electrons. The van der Waals surface area contributed by atoms with Crippen molar-refractivity contribution in [3.8, 4) is 0 Å². The van der Waals surface area contributed by atoms with E-state index in [0.717, 1.165) is 62.3 Å². The van der Waals surface area contributed by atoms with Crippen LogP contribution in [0.3, 0.4) is 0 Å². The Morgan fingerprint density at radius 3 is 2.70 bits per heavy atom. The molecule has 1 amide bonds. The summed E-state index contributed by atoms with van der Waals surface area (Å²) in [5.74, 6) is 0.672. The highest BCUT2D eigenvalue weighted by atomic mass is 16.1. The standard InChI is InChI=1S/C24H27N7O2/c1-25-22(33)20-3-2-16(12-27-20)30-8-5-15(6-9-30)31-14-24(10-17(31)11-24)23-28-19-4-7-26-13-18(19)21(32)29-23/h2-4,7,12-13,15,17H,5-6,8-11,14H2,1H3,(H,25,33)(H,28,29,32). The van der Waals surface area contributed by atoms with Crippen molar-refractivity contribution in [3.05, 3.63) is 58.7 Å². The predicted molar refractivity (Wildman–Crippen MR) is 124 cm³/mol. The molecule has 0 unspecified atom stereocenters. The van der Waals surface area contributed by atoms with Crippen LogP contribution in [0.15, 0.2) is 41.6 Å². The molecule has 6 heterocycles. The summed E-state index contributed by atoms with van der Waals surface area (Å²) in [5.41, 5.74) is 2.11. The average molecular weight is 446 g/mol. The van der Waals surface area contributed by atoms with Crippen LogP contribution in [0.2, 0.25) is 0 Å². The van der Waals surface area contributed by atoms with Gasteiger partial charge >= 0.3 is 0 Å². The van der Waals surface area contributed by atoms with E-state index in [-0.39, 0.29) is 16.9 Å². The number of amides is 1. The number of carbonyl (C=O) groups excluding carboxylic acids is 1. The van der Waals surface area contributed by atoms with E-state index in [1.54, 1.807) is 31.7 Å². The van der Waals surface area contributed by atoms with Gasteiger partial charge in [-0.25, -0.2) is 9.97 Å². The minimum absolute atomic E-state index is 0.0297. The molecule has 4 fully saturated rings. The number of carbonyl (C=O) groups is 1. The first-order chi connectivity index (χ1) is 16.1. The fourth-order valence-corrected chi connectivity index (χ4v) is 5.91. The lowest BCUT2D eigenvalue weighted by Crippen LogP contribution is -2.46. The lowest BCUT2D eigenvalue weighted by atomic mass is 9.69. The van der Waals surface area contributed by atoms with E-state index < -0.39 is 0 Å². The molecule has 9 heteroatoms. The summed E-state index contributed by atoms with van der Waals surface area (Å²) in [7, 11) is 1.61. The number of hydrogen-bond donors (Lipinski definition) is 2. The lowest BCUT2D eigenvalue weighted by molar-refractivity contribution is 0.0958. The van der Waals surface area contributed by atoms with Crippen LogP contribution in [0.1, 0.15) is 42.0 Å². The van der Waals surface area contributed by atoms with Gasteiger partial charge in [0.05, 0.1) is 22.8 Å². The Balaban J connectivity index is 1.13. The summed E-state index contributed by atoms with van der Waals surface area (Å²) in [6.45, 7) is 2.91. The third-order valence-corrected chi connectivity index (χ3v) is 7.72. The molecule has 3 aromatic heterocycles. The molecule has 3 aliphatic heterocycles. The smallest absolute Gasteiger partial charge is 0.269 e. The van der Waals surface area contributed by atoms with Gasteiger partial charge in [-0.1, -0.05) is 0 Å². The molecule has 9 nitrogen and oxygen atoms in total. The predicted octanol–water partition coefficient (Wildman–Crippen LogP) is 1.46. The van der Waals surface area contributed by atoms with Crippen molar-refractivity contribution in [1.29, 1.82) is 0 Å². The number of H-pyrrole nitrogens is 1. The molecule has 0 atom stereocenters. The third-order valence-electron chi connectivity index (χ3n) is 7.72. The number of rotatable bonds is 4. The maximum Gasteiger partial charge on any atom is 0.269 e. The molecule has 2 N–H and O–H groups in total. The van der Waals surface area contributed by atoms with Gasteiger partial charge in [0.25, 0.3) is 11.5 Å². The van der Waals surface area contributed by atoms with Gasteiger partial charge in [-0.15, -0.1) is 0 Å². The molecule has 7 rings (SSSR count). The van der Waals surface area contributed by atoms with Crippen molar-refractivity contribution >= 4 is 22.5 Å². The molecule has 4 aliphatic rings. The van der Waals surface area contributed by atoms with Crippen LogP contribution in [-0.2, 0) is 5.41 Å². The van der Waals surface area contributed by atoms with E-state index in [2.05, 4.69) is 30.1 Å². The van der Waals surface area contributed by atoms with Crippen LogP contribution in [0, 0.1) is 0 Å². The van der Waals surface area contributed by atoms with Gasteiger partial charge in [-0.05, 0) is 43.9 Å². The fourth-order valence-electron chi connectivity index (χ4n) is 5.91. The SMILES string of the molecule is CNC(=O)c1ccc(N2CCC(N3CC4(c5nc6ccncc6c(=O)[nH]5)CC3C4)CC2)cn1. The topological polar surface area (TPSA) is 107 Å². The molecule has 3 saturated heterocycles. The zero-order valence-electron chi connectivity index (χ0n) is 18.6. The van der Waals surface area contributed by atoms with E-state index in [0.29, 0.717) is 23.2 Å². The van der Waals surface area contributed by atoms with Crippen LogP contribution in [0.4, 0.5) is 5.69 Å². The van der Waals surface area contributed by atoms with Crippen molar-refractivity contribution in [2.75, 3.05) is 31.6 Å². The summed E-state index contributed by atoms with van der Waals surface area (Å²) in [6, 6.07) is 6.71. The number of nitrogens with one attached hydrogen (secondary N) is 2. The molecule has 33 heavy (non-hydrogen) atoms. The molecule has 1 aliphatic carbocycles. The summed E-state index contributed by atoms with van der Waals surface area (Å²) in [4.78, 5) is 45.5. The first-order valence-corrected chi connectivity index (χ1v) is 11.6. The van der Waals surface area contributed by atoms with Crippen molar-refractivity contribution in [3.63, 3.8) is 0 Å². The van der Waals surface area contributed by atoms with Gasteiger partial charge in [-0.3, -0.25) is 19.5 Å². The monoisotopic (exact) mass is 445 g/mol. The Kier molecular flexibility index (Phi) is 4.69. The van der Waals surface area contributed by atoms with Gasteiger partial charge in [0.1, 0.15) is 11.5 Å². The van der Waals surface area contributed by atoms with Crippen LogP contribution < -0.4 is 15.8 Å². The summed E-state index contributed by atoms with van der Waals surface area (Å²) < 4.78 is 0. The highest BCUT2D eigenvalue weighted by Gasteiger charge is 2.59. The van der Waals surface area contributed by atoms with E-state index in [1.165, 1.54) is 0 Å². The number of anilines is 1. The molecule has 2 bridgehead atoms. The van der Waals surface area contributed by atoms with Gasteiger partial charge in [0.2, 0.25) is 0 Å². The molecule has 1 saturated carbocycles. The van der Waals surface area contributed by atoms with Gasteiger partial charge in [-0.2, -0.15) is 0 Å². The van der Waals surface area contributed by atoms with Crippen LogP contribution in [-0.4, -0.2) is 69.5 Å². The second-order valence-corrected chi connectivity index (χ2v) is 9.52.